The zero-order valence-corrected chi connectivity index (χ0v) is 10.7. The topological polar surface area (TPSA) is 90.6 Å². The van der Waals surface area contributed by atoms with Crippen molar-refractivity contribution in [2.24, 2.45) is 0 Å². The molecule has 1 aromatic carbocycles. The van der Waals surface area contributed by atoms with Gasteiger partial charge in [0.05, 0.1) is 11.2 Å². The Morgan fingerprint density at radius 1 is 1.21 bits per heavy atom. The lowest BCUT2D eigenvalue weighted by molar-refractivity contribution is 0.586. The molecular weight excluding hydrogens is 266 g/mol. The number of pyridine rings is 1. The molecule has 0 saturated heterocycles. The van der Waals surface area contributed by atoms with Gasteiger partial charge in [-0.15, -0.1) is 0 Å². The van der Waals surface area contributed by atoms with Crippen LogP contribution in [-0.2, 0) is 9.84 Å². The number of nitrogens with zero attached hydrogens (tertiary/aromatic N) is 5. The molecule has 0 N–H and O–H groups in total. The van der Waals surface area contributed by atoms with Crippen LogP contribution in [0.3, 0.4) is 0 Å². The number of sulfone groups is 1. The molecule has 0 spiro atoms. The van der Waals surface area contributed by atoms with E-state index in [4.69, 9.17) is 0 Å². The summed E-state index contributed by atoms with van der Waals surface area (Å²) < 4.78 is 24.3. The van der Waals surface area contributed by atoms with E-state index in [1.807, 2.05) is 12.1 Å². The predicted octanol–water partition coefficient (Wildman–Crippen LogP) is 0.614. The highest BCUT2D eigenvalue weighted by molar-refractivity contribution is 7.90. The standard InChI is InChI=1S/C11H9N5O2S/c1-19(17,18)11-13-14-15-16(11)9-4-5-10-8(7-9)3-2-6-12-10/h2-7H,1H3. The first-order valence-electron chi connectivity index (χ1n) is 5.39. The van der Waals surface area contributed by atoms with Gasteiger partial charge in [0.15, 0.2) is 0 Å². The summed E-state index contributed by atoms with van der Waals surface area (Å²) >= 11 is 0. The van der Waals surface area contributed by atoms with Crippen LogP contribution < -0.4 is 0 Å². The van der Waals surface area contributed by atoms with Crippen LogP contribution in [0.5, 0.6) is 0 Å². The van der Waals surface area contributed by atoms with Gasteiger partial charge in [-0.2, -0.15) is 4.68 Å². The van der Waals surface area contributed by atoms with Crippen molar-refractivity contribution < 1.29 is 8.42 Å². The first kappa shape index (κ1) is 11.7. The van der Waals surface area contributed by atoms with Gasteiger partial charge < -0.3 is 0 Å². The van der Waals surface area contributed by atoms with Crippen LogP contribution in [0.2, 0.25) is 0 Å². The highest BCUT2D eigenvalue weighted by atomic mass is 32.2. The second-order valence-electron chi connectivity index (χ2n) is 4.03. The molecule has 0 saturated carbocycles. The van der Waals surface area contributed by atoms with Crippen molar-refractivity contribution >= 4 is 20.7 Å². The molecule has 8 heteroatoms. The summed E-state index contributed by atoms with van der Waals surface area (Å²) in [5.41, 5.74) is 1.39. The molecule has 3 aromatic rings. The average Bonchev–Trinajstić information content (AvgIpc) is 2.87. The Hall–Kier alpha value is -2.35. The minimum Gasteiger partial charge on any atom is -0.256 e. The van der Waals surface area contributed by atoms with Crippen LogP contribution in [-0.4, -0.2) is 39.9 Å². The Balaban J connectivity index is 2.23. The molecule has 0 amide bonds. The Morgan fingerprint density at radius 3 is 2.84 bits per heavy atom. The number of hydrogen-bond acceptors (Lipinski definition) is 6. The van der Waals surface area contributed by atoms with Crippen molar-refractivity contribution in [3.8, 4) is 5.69 Å². The number of hydrogen-bond donors (Lipinski definition) is 0. The maximum absolute atomic E-state index is 11.6. The highest BCUT2D eigenvalue weighted by Gasteiger charge is 2.18. The number of fused-ring (bicyclic) bond motifs is 1. The summed E-state index contributed by atoms with van der Waals surface area (Å²) in [5, 5.41) is 11.4. The lowest BCUT2D eigenvalue weighted by atomic mass is 10.2. The van der Waals surface area contributed by atoms with E-state index in [-0.39, 0.29) is 5.16 Å². The molecule has 2 aromatic heterocycles. The molecule has 7 nitrogen and oxygen atoms in total. The average molecular weight is 275 g/mol. The van der Waals surface area contributed by atoms with Gasteiger partial charge in [-0.3, -0.25) is 4.98 Å². The van der Waals surface area contributed by atoms with E-state index in [1.165, 1.54) is 4.68 Å². The van der Waals surface area contributed by atoms with Gasteiger partial charge in [-0.1, -0.05) is 11.2 Å². The van der Waals surface area contributed by atoms with Crippen LogP contribution in [0.4, 0.5) is 0 Å². The third-order valence-electron chi connectivity index (χ3n) is 2.60. The molecule has 0 atom stereocenters. The molecule has 19 heavy (non-hydrogen) atoms. The van der Waals surface area contributed by atoms with Gasteiger partial charge in [0.2, 0.25) is 9.84 Å². The number of aromatic nitrogens is 5. The third kappa shape index (κ3) is 2.06. The fourth-order valence-corrected chi connectivity index (χ4v) is 2.41. The SMILES string of the molecule is CS(=O)(=O)c1nnnn1-c1ccc2ncccc2c1. The first-order valence-corrected chi connectivity index (χ1v) is 7.28. The second-order valence-corrected chi connectivity index (χ2v) is 5.94. The predicted molar refractivity (Wildman–Crippen MR) is 67.6 cm³/mol. The molecule has 0 aliphatic rings. The number of rotatable bonds is 2. The van der Waals surface area contributed by atoms with E-state index in [2.05, 4.69) is 20.5 Å². The molecule has 0 fully saturated rings. The largest absolute Gasteiger partial charge is 0.272 e. The maximum Gasteiger partial charge on any atom is 0.272 e. The van der Waals surface area contributed by atoms with E-state index in [1.54, 1.807) is 24.4 Å². The molecule has 2 heterocycles. The smallest absolute Gasteiger partial charge is 0.256 e. The van der Waals surface area contributed by atoms with Gasteiger partial charge in [-0.05, 0) is 34.7 Å². The van der Waals surface area contributed by atoms with Gasteiger partial charge in [-0.25, -0.2) is 8.42 Å². The summed E-state index contributed by atoms with van der Waals surface area (Å²) in [4.78, 5) is 4.20. The Labute approximate surface area is 108 Å². The summed E-state index contributed by atoms with van der Waals surface area (Å²) in [6.45, 7) is 0. The molecule has 0 unspecified atom stereocenters. The highest BCUT2D eigenvalue weighted by Crippen LogP contribution is 2.17. The van der Waals surface area contributed by atoms with Gasteiger partial charge in [0, 0.05) is 17.8 Å². The Kier molecular flexibility index (Phi) is 2.53. The second kappa shape index (κ2) is 4.09. The zero-order valence-electron chi connectivity index (χ0n) is 9.92. The van der Waals surface area contributed by atoms with Crippen LogP contribution in [0.15, 0.2) is 41.7 Å². The van der Waals surface area contributed by atoms with Crippen LogP contribution in [0, 0.1) is 0 Å². The quantitative estimate of drug-likeness (QED) is 0.680. The van der Waals surface area contributed by atoms with Crippen molar-refractivity contribution in [2.75, 3.05) is 6.26 Å². The summed E-state index contributed by atoms with van der Waals surface area (Å²) in [6.07, 6.45) is 2.76. The molecular formula is C11H9N5O2S. The molecule has 0 bridgehead atoms. The van der Waals surface area contributed by atoms with Crippen molar-refractivity contribution in [3.05, 3.63) is 36.5 Å². The van der Waals surface area contributed by atoms with E-state index >= 15 is 0 Å². The van der Waals surface area contributed by atoms with Crippen molar-refractivity contribution in [1.29, 1.82) is 0 Å². The summed E-state index contributed by atoms with van der Waals surface area (Å²) in [5.74, 6) is 0. The van der Waals surface area contributed by atoms with Crippen LogP contribution >= 0.6 is 0 Å². The van der Waals surface area contributed by atoms with Crippen molar-refractivity contribution in [1.82, 2.24) is 25.2 Å². The van der Waals surface area contributed by atoms with Crippen LogP contribution in [0.1, 0.15) is 0 Å². The summed E-state index contributed by atoms with van der Waals surface area (Å²) in [7, 11) is -3.48. The van der Waals surface area contributed by atoms with Gasteiger partial charge in [0.1, 0.15) is 0 Å². The normalized spacial score (nSPS) is 11.8. The molecule has 96 valence electrons. The third-order valence-corrected chi connectivity index (χ3v) is 3.52. The van der Waals surface area contributed by atoms with E-state index in [9.17, 15) is 8.42 Å². The molecule has 0 aliphatic carbocycles. The van der Waals surface area contributed by atoms with E-state index < -0.39 is 9.84 Å². The Morgan fingerprint density at radius 2 is 2.05 bits per heavy atom. The molecule has 3 rings (SSSR count). The lowest BCUT2D eigenvalue weighted by Crippen LogP contribution is -2.08. The molecule has 0 radical (unpaired) electrons. The number of tetrazole rings is 1. The van der Waals surface area contributed by atoms with Crippen molar-refractivity contribution in [2.45, 2.75) is 5.16 Å². The molecule has 0 aliphatic heterocycles. The number of benzene rings is 1. The fourth-order valence-electron chi connectivity index (χ4n) is 1.77. The van der Waals surface area contributed by atoms with Gasteiger partial charge in [0.25, 0.3) is 5.16 Å². The lowest BCUT2D eigenvalue weighted by Gasteiger charge is -2.04. The minimum absolute atomic E-state index is 0.184. The minimum atomic E-state index is -3.48. The maximum atomic E-state index is 11.6. The van der Waals surface area contributed by atoms with Gasteiger partial charge >= 0.3 is 0 Å². The fraction of sp³-hybridized carbons (Fsp3) is 0.0909. The van der Waals surface area contributed by atoms with E-state index in [0.29, 0.717) is 5.69 Å². The summed E-state index contributed by atoms with van der Waals surface area (Å²) in [6, 6.07) is 8.99. The van der Waals surface area contributed by atoms with E-state index in [0.717, 1.165) is 17.2 Å². The Bertz CT molecular complexity index is 856. The van der Waals surface area contributed by atoms with Crippen molar-refractivity contribution in [3.63, 3.8) is 0 Å². The zero-order chi connectivity index (χ0) is 13.5. The monoisotopic (exact) mass is 275 g/mol. The van der Waals surface area contributed by atoms with Crippen LogP contribution in [0.25, 0.3) is 16.6 Å². The first-order chi connectivity index (χ1) is 9.05.